The minimum atomic E-state index is -2.48. The number of aliphatic hydroxyl groups is 2. The highest BCUT2D eigenvalue weighted by Gasteiger charge is 2.41. The van der Waals surface area contributed by atoms with Gasteiger partial charge >= 0.3 is 0 Å². The Balaban J connectivity index is 0.000000307. The average molecular weight is 569 g/mol. The van der Waals surface area contributed by atoms with E-state index in [0.29, 0.717) is 12.8 Å². The topological polar surface area (TPSA) is 65.4 Å². The van der Waals surface area contributed by atoms with Crippen molar-refractivity contribution in [3.05, 3.63) is 59.7 Å². The first kappa shape index (κ1) is 24.9. The summed E-state index contributed by atoms with van der Waals surface area (Å²) in [6.45, 7) is 1.61. The molecule has 2 N–H and O–H groups in total. The molecule has 6 nitrogen and oxygen atoms in total. The van der Waals surface area contributed by atoms with E-state index in [0.717, 1.165) is 62.7 Å². The normalized spacial score (nSPS) is 29.7. The van der Waals surface area contributed by atoms with Gasteiger partial charge in [-0.15, -0.1) is 12.4 Å². The number of methoxy groups -OCH3 is 2. The van der Waals surface area contributed by atoms with Gasteiger partial charge in [0.1, 0.15) is 11.5 Å². The molecule has 2 aliphatic carbocycles. The fourth-order valence-electron chi connectivity index (χ4n) is 6.24. The zero-order chi connectivity index (χ0) is 32.8. The Labute approximate surface area is 251 Å². The quantitative estimate of drug-likeness (QED) is 0.426. The van der Waals surface area contributed by atoms with Gasteiger partial charge in [0.2, 0.25) is 0 Å². The van der Waals surface area contributed by atoms with Crippen LogP contribution in [0.3, 0.4) is 0 Å². The Morgan fingerprint density at radius 1 is 0.744 bits per heavy atom. The first-order chi connectivity index (χ1) is 20.4. The van der Waals surface area contributed by atoms with E-state index in [2.05, 4.69) is 9.80 Å². The van der Waals surface area contributed by atoms with Crippen molar-refractivity contribution < 1.29 is 27.9 Å². The van der Waals surface area contributed by atoms with Gasteiger partial charge in [0.25, 0.3) is 0 Å². The van der Waals surface area contributed by atoms with Gasteiger partial charge < -0.3 is 29.5 Å². The van der Waals surface area contributed by atoms with Crippen LogP contribution in [0.1, 0.15) is 70.7 Å². The average Bonchev–Trinajstić information content (AvgIpc) is 2.90. The molecule has 0 aliphatic heterocycles. The lowest BCUT2D eigenvalue weighted by atomic mass is 9.71. The summed E-state index contributed by atoms with van der Waals surface area (Å²) in [7, 11) is 3.06. The Morgan fingerprint density at radius 3 is 1.51 bits per heavy atom. The van der Waals surface area contributed by atoms with Crippen LogP contribution < -0.4 is 9.47 Å². The maximum absolute atomic E-state index is 11.3. The van der Waals surface area contributed by atoms with Gasteiger partial charge in [0, 0.05) is 24.9 Å². The number of ether oxygens (including phenoxy) is 2. The van der Waals surface area contributed by atoms with Crippen molar-refractivity contribution in [1.29, 1.82) is 0 Å². The number of nitrogens with zero attached hydrogens (tertiary/aromatic N) is 2. The largest absolute Gasteiger partial charge is 0.497 e. The second-order valence-electron chi connectivity index (χ2n) is 11.5. The van der Waals surface area contributed by atoms with E-state index >= 15 is 0 Å². The van der Waals surface area contributed by atoms with Crippen LogP contribution in [0.15, 0.2) is 48.5 Å². The Bertz CT molecular complexity index is 1110. The molecule has 7 heteroatoms. The fourth-order valence-corrected chi connectivity index (χ4v) is 6.24. The van der Waals surface area contributed by atoms with Crippen LogP contribution in [-0.4, -0.2) is 75.4 Å². The molecule has 2 aromatic rings. The summed E-state index contributed by atoms with van der Waals surface area (Å²) in [5, 5.41) is 22.5. The molecule has 0 unspecified atom stereocenters. The smallest absolute Gasteiger partial charge is 0.119 e. The monoisotopic (exact) mass is 568 g/mol. The lowest BCUT2D eigenvalue weighted by Crippen LogP contribution is -2.43. The standard InChI is InChI=1S/2C16H25NO2.ClH/c2*1-17(2)12-14-7-4-5-10-16(14,18)13-8-6-9-15(11-13)19-3;/h2*6,8-9,11,14,18H,4-5,7,10,12H2,1-3H3;1H/t2*14-,16+;/m00./s1/i2*3D3;. The minimum absolute atomic E-state index is 0. The van der Waals surface area contributed by atoms with E-state index in [4.69, 9.17) is 17.7 Å². The summed E-state index contributed by atoms with van der Waals surface area (Å²) < 4.78 is 53.2. The number of halogens is 1. The maximum Gasteiger partial charge on any atom is 0.119 e. The third kappa shape index (κ3) is 8.58. The Hall–Kier alpha value is -1.83. The van der Waals surface area contributed by atoms with E-state index in [1.165, 1.54) is 0 Å². The van der Waals surface area contributed by atoms with Crippen molar-refractivity contribution in [1.82, 2.24) is 9.80 Å². The van der Waals surface area contributed by atoms with Crippen LogP contribution in [0.2, 0.25) is 0 Å². The number of rotatable bonds is 8. The SMILES string of the molecule is Cl.[2H]C([2H])([2H])Oc1cccc([C@]2(O)CCCC[C@H]2CN(C)C)c1.[2H]C([2H])([2H])Oc1cccc([C@]2(O)CCCC[C@H]2CN(C)C)c1. The predicted octanol–water partition coefficient (Wildman–Crippen LogP) is 5.69. The first-order valence-corrected chi connectivity index (χ1v) is 13.7. The van der Waals surface area contributed by atoms with Crippen LogP contribution in [0.4, 0.5) is 0 Å². The summed E-state index contributed by atoms with van der Waals surface area (Å²) in [4.78, 5) is 4.17. The molecule has 39 heavy (non-hydrogen) atoms. The number of hydrogen-bond acceptors (Lipinski definition) is 6. The molecule has 2 aromatic carbocycles. The molecule has 4 rings (SSSR count). The molecule has 0 saturated heterocycles. The molecule has 2 aliphatic rings. The summed E-state index contributed by atoms with van der Waals surface area (Å²) >= 11 is 0. The third-order valence-electron chi connectivity index (χ3n) is 8.15. The number of benzene rings is 2. The van der Waals surface area contributed by atoms with Crippen molar-refractivity contribution in [2.24, 2.45) is 11.8 Å². The first-order valence-electron chi connectivity index (χ1n) is 16.7. The molecule has 0 bridgehead atoms. The molecule has 2 saturated carbocycles. The van der Waals surface area contributed by atoms with E-state index < -0.39 is 25.3 Å². The maximum atomic E-state index is 11.3. The fraction of sp³-hybridized carbons (Fsp3) is 0.625. The van der Waals surface area contributed by atoms with Crippen molar-refractivity contribution in [2.75, 3.05) is 55.4 Å². The van der Waals surface area contributed by atoms with Gasteiger partial charge in [-0.2, -0.15) is 0 Å². The second kappa shape index (κ2) is 15.2. The van der Waals surface area contributed by atoms with Crippen molar-refractivity contribution in [2.45, 2.75) is 62.6 Å². The van der Waals surface area contributed by atoms with E-state index in [1.54, 1.807) is 36.4 Å². The lowest BCUT2D eigenvalue weighted by Gasteiger charge is -2.41. The number of hydrogen-bond donors (Lipinski definition) is 2. The summed E-state index contributed by atoms with van der Waals surface area (Å²) in [5.41, 5.74) is -0.339. The zero-order valence-electron chi connectivity index (χ0n) is 29.9. The minimum Gasteiger partial charge on any atom is -0.497 e. The molecule has 2 fully saturated rings. The summed E-state index contributed by atoms with van der Waals surface area (Å²) in [6.07, 6.45) is 7.53. The van der Waals surface area contributed by atoms with Gasteiger partial charge in [-0.3, -0.25) is 0 Å². The Morgan fingerprint density at radius 2 is 1.15 bits per heavy atom. The highest BCUT2D eigenvalue weighted by atomic mass is 35.5. The second-order valence-corrected chi connectivity index (χ2v) is 11.5. The molecule has 220 valence electrons. The molecule has 0 amide bonds. The highest BCUT2D eigenvalue weighted by molar-refractivity contribution is 5.85. The van der Waals surface area contributed by atoms with Crippen LogP contribution in [0.25, 0.3) is 0 Å². The van der Waals surface area contributed by atoms with Crippen LogP contribution >= 0.6 is 12.4 Å². The summed E-state index contributed by atoms with van der Waals surface area (Å²) in [5.74, 6) is 0.832. The zero-order valence-corrected chi connectivity index (χ0v) is 24.7. The molecule has 0 aromatic heterocycles. The van der Waals surface area contributed by atoms with Gasteiger partial charge in [0.15, 0.2) is 0 Å². The highest BCUT2D eigenvalue weighted by Crippen LogP contribution is 2.44. The van der Waals surface area contributed by atoms with E-state index in [-0.39, 0.29) is 35.7 Å². The van der Waals surface area contributed by atoms with Gasteiger partial charge in [-0.25, -0.2) is 0 Å². The van der Waals surface area contributed by atoms with Gasteiger partial charge in [-0.05, 0) is 89.3 Å². The van der Waals surface area contributed by atoms with Gasteiger partial charge in [-0.1, -0.05) is 49.9 Å². The van der Waals surface area contributed by atoms with Crippen LogP contribution in [0, 0.1) is 11.8 Å². The van der Waals surface area contributed by atoms with E-state index in [9.17, 15) is 10.2 Å². The third-order valence-corrected chi connectivity index (χ3v) is 8.15. The molecular weight excluding hydrogens is 512 g/mol. The van der Waals surface area contributed by atoms with Crippen LogP contribution in [0.5, 0.6) is 11.5 Å². The molecule has 0 spiro atoms. The predicted molar refractivity (Wildman–Crippen MR) is 162 cm³/mol. The molecule has 4 atom stereocenters. The van der Waals surface area contributed by atoms with Crippen molar-refractivity contribution in [3.8, 4) is 11.5 Å². The molecule has 0 heterocycles. The van der Waals surface area contributed by atoms with Crippen molar-refractivity contribution in [3.63, 3.8) is 0 Å². The van der Waals surface area contributed by atoms with E-state index in [1.807, 2.05) is 40.3 Å². The summed E-state index contributed by atoms with van der Waals surface area (Å²) in [6, 6.07) is 13.8. The molecular formula is C32H51ClN2O4. The van der Waals surface area contributed by atoms with Crippen molar-refractivity contribution >= 4 is 12.4 Å². The van der Waals surface area contributed by atoms with Gasteiger partial charge in [0.05, 0.1) is 33.5 Å². The molecule has 0 radical (unpaired) electrons. The lowest BCUT2D eigenvalue weighted by molar-refractivity contribution is -0.0621. The Kier molecular flexibility index (Phi) is 9.74. The van der Waals surface area contributed by atoms with Crippen LogP contribution in [-0.2, 0) is 11.2 Å².